The molecule has 2 aromatic rings. The molecule has 2 atom stereocenters. The molecular weight excluding hydrogens is 222 g/mol. The van der Waals surface area contributed by atoms with Gasteiger partial charge in [-0.1, -0.05) is 20.3 Å². The molecule has 0 radical (unpaired) electrons. The number of fused-ring (bicyclic) bond motifs is 1. The van der Waals surface area contributed by atoms with Gasteiger partial charge in [-0.3, -0.25) is 4.98 Å². The van der Waals surface area contributed by atoms with E-state index in [9.17, 15) is 0 Å². The average Bonchev–Trinajstić information content (AvgIpc) is 2.41. The molecule has 3 nitrogen and oxygen atoms in total. The molecule has 3 N–H and O–H groups in total. The van der Waals surface area contributed by atoms with E-state index in [4.69, 9.17) is 5.73 Å². The van der Waals surface area contributed by atoms with Crippen molar-refractivity contribution in [1.29, 1.82) is 0 Å². The van der Waals surface area contributed by atoms with E-state index < -0.39 is 0 Å². The van der Waals surface area contributed by atoms with Crippen molar-refractivity contribution in [2.75, 3.05) is 11.1 Å². The van der Waals surface area contributed by atoms with E-state index in [0.717, 1.165) is 28.7 Å². The molecule has 3 heteroatoms. The van der Waals surface area contributed by atoms with Crippen LogP contribution in [0.15, 0.2) is 30.5 Å². The first-order valence-corrected chi connectivity index (χ1v) is 6.53. The molecule has 0 saturated carbocycles. The summed E-state index contributed by atoms with van der Waals surface area (Å²) < 4.78 is 0. The number of hydrogen-bond acceptors (Lipinski definition) is 3. The number of rotatable bonds is 4. The van der Waals surface area contributed by atoms with Crippen LogP contribution in [0.1, 0.15) is 27.2 Å². The molecule has 1 aromatic heterocycles. The Kier molecular flexibility index (Phi) is 3.70. The van der Waals surface area contributed by atoms with Crippen LogP contribution in [0.25, 0.3) is 10.9 Å². The Bertz CT molecular complexity index is 536. The predicted molar refractivity (Wildman–Crippen MR) is 78.7 cm³/mol. The highest BCUT2D eigenvalue weighted by molar-refractivity contribution is 5.98. The maximum absolute atomic E-state index is 5.97. The molecule has 0 fully saturated rings. The van der Waals surface area contributed by atoms with E-state index in [1.54, 1.807) is 6.20 Å². The van der Waals surface area contributed by atoms with Gasteiger partial charge in [0.2, 0.25) is 0 Å². The number of nitrogen functional groups attached to an aromatic ring is 1. The number of benzene rings is 1. The van der Waals surface area contributed by atoms with Gasteiger partial charge in [-0.15, -0.1) is 0 Å². The molecule has 0 amide bonds. The summed E-state index contributed by atoms with van der Waals surface area (Å²) >= 11 is 0. The van der Waals surface area contributed by atoms with Crippen LogP contribution < -0.4 is 11.1 Å². The van der Waals surface area contributed by atoms with Crippen LogP contribution >= 0.6 is 0 Å². The molecule has 0 saturated heterocycles. The molecular formula is C15H21N3. The Morgan fingerprint density at radius 1 is 1.28 bits per heavy atom. The monoisotopic (exact) mass is 243 g/mol. The fourth-order valence-electron chi connectivity index (χ4n) is 2.05. The minimum atomic E-state index is 0.420. The minimum Gasteiger partial charge on any atom is -0.398 e. The normalized spacial score (nSPS) is 14.4. The summed E-state index contributed by atoms with van der Waals surface area (Å²) in [4.78, 5) is 4.44. The summed E-state index contributed by atoms with van der Waals surface area (Å²) in [6.07, 6.45) is 2.97. The lowest BCUT2D eigenvalue weighted by Gasteiger charge is -2.22. The van der Waals surface area contributed by atoms with Crippen molar-refractivity contribution >= 4 is 22.3 Å². The van der Waals surface area contributed by atoms with Gasteiger partial charge in [-0.05, 0) is 37.1 Å². The summed E-state index contributed by atoms with van der Waals surface area (Å²) in [7, 11) is 0. The Labute approximate surface area is 108 Å². The van der Waals surface area contributed by atoms with Crippen molar-refractivity contribution in [1.82, 2.24) is 4.98 Å². The van der Waals surface area contributed by atoms with Crippen molar-refractivity contribution in [2.24, 2.45) is 5.92 Å². The molecule has 0 bridgehead atoms. The summed E-state index contributed by atoms with van der Waals surface area (Å²) in [6.45, 7) is 6.67. The summed E-state index contributed by atoms with van der Waals surface area (Å²) in [5.74, 6) is 0.626. The fourth-order valence-corrected chi connectivity index (χ4v) is 2.05. The maximum atomic E-state index is 5.97. The van der Waals surface area contributed by atoms with Gasteiger partial charge in [0.25, 0.3) is 0 Å². The number of hydrogen-bond donors (Lipinski definition) is 2. The van der Waals surface area contributed by atoms with Gasteiger partial charge in [-0.2, -0.15) is 0 Å². The highest BCUT2D eigenvalue weighted by Gasteiger charge is 2.12. The van der Waals surface area contributed by atoms with E-state index in [1.807, 2.05) is 24.3 Å². The van der Waals surface area contributed by atoms with Gasteiger partial charge in [0.1, 0.15) is 0 Å². The van der Waals surface area contributed by atoms with Crippen molar-refractivity contribution in [3.05, 3.63) is 30.5 Å². The first-order valence-electron chi connectivity index (χ1n) is 6.53. The molecule has 0 aliphatic heterocycles. The van der Waals surface area contributed by atoms with Gasteiger partial charge < -0.3 is 11.1 Å². The molecule has 1 aromatic carbocycles. The molecule has 0 aliphatic rings. The molecule has 18 heavy (non-hydrogen) atoms. The number of nitrogens with two attached hydrogens (primary N) is 1. The van der Waals surface area contributed by atoms with Crippen LogP contribution in [-0.4, -0.2) is 11.0 Å². The third kappa shape index (κ3) is 2.40. The number of aromatic nitrogens is 1. The van der Waals surface area contributed by atoms with Crippen molar-refractivity contribution < 1.29 is 0 Å². The van der Waals surface area contributed by atoms with Crippen LogP contribution in [0.4, 0.5) is 11.4 Å². The van der Waals surface area contributed by atoms with E-state index in [0.29, 0.717) is 12.0 Å². The van der Waals surface area contributed by atoms with E-state index >= 15 is 0 Å². The van der Waals surface area contributed by atoms with Crippen LogP contribution in [0, 0.1) is 5.92 Å². The van der Waals surface area contributed by atoms with E-state index in [1.165, 1.54) is 0 Å². The Morgan fingerprint density at radius 3 is 2.78 bits per heavy atom. The Hall–Kier alpha value is -1.77. The number of nitrogens with zero attached hydrogens (tertiary/aromatic N) is 1. The topological polar surface area (TPSA) is 50.9 Å². The summed E-state index contributed by atoms with van der Waals surface area (Å²) in [5.41, 5.74) is 8.77. The van der Waals surface area contributed by atoms with Gasteiger partial charge in [0, 0.05) is 23.3 Å². The molecule has 1 heterocycles. The second kappa shape index (κ2) is 5.25. The second-order valence-corrected chi connectivity index (χ2v) is 4.92. The van der Waals surface area contributed by atoms with Crippen LogP contribution in [0.2, 0.25) is 0 Å². The van der Waals surface area contributed by atoms with Gasteiger partial charge in [-0.25, -0.2) is 0 Å². The molecule has 0 aliphatic carbocycles. The predicted octanol–water partition coefficient (Wildman–Crippen LogP) is 3.66. The fraction of sp³-hybridized carbons (Fsp3) is 0.400. The SMILES string of the molecule is CCC(C)C(C)Nc1ccc(N)c2cccnc12. The van der Waals surface area contributed by atoms with E-state index in [-0.39, 0.29) is 0 Å². The average molecular weight is 243 g/mol. The zero-order chi connectivity index (χ0) is 13.1. The third-order valence-corrected chi connectivity index (χ3v) is 3.68. The van der Waals surface area contributed by atoms with Crippen LogP contribution in [0.5, 0.6) is 0 Å². The largest absolute Gasteiger partial charge is 0.398 e. The van der Waals surface area contributed by atoms with E-state index in [2.05, 4.69) is 31.1 Å². The lowest BCUT2D eigenvalue weighted by atomic mass is 10.0. The first kappa shape index (κ1) is 12.7. The summed E-state index contributed by atoms with van der Waals surface area (Å²) in [5, 5.41) is 4.56. The van der Waals surface area contributed by atoms with Crippen LogP contribution in [-0.2, 0) is 0 Å². The van der Waals surface area contributed by atoms with Gasteiger partial charge in [0.15, 0.2) is 0 Å². The Morgan fingerprint density at radius 2 is 2.06 bits per heavy atom. The van der Waals surface area contributed by atoms with Crippen molar-refractivity contribution in [3.8, 4) is 0 Å². The highest BCUT2D eigenvalue weighted by Crippen LogP contribution is 2.27. The highest BCUT2D eigenvalue weighted by atomic mass is 14.9. The standard InChI is InChI=1S/C15H21N3/c1-4-10(2)11(3)18-14-8-7-13(16)12-6-5-9-17-15(12)14/h5-11,18H,4,16H2,1-3H3. The Balaban J connectivity index is 2.37. The zero-order valence-electron chi connectivity index (χ0n) is 11.3. The maximum Gasteiger partial charge on any atom is 0.0953 e. The minimum absolute atomic E-state index is 0.420. The molecule has 2 unspecified atom stereocenters. The lowest BCUT2D eigenvalue weighted by Crippen LogP contribution is -2.23. The molecule has 96 valence electrons. The first-order chi connectivity index (χ1) is 8.63. The number of nitrogens with one attached hydrogen (secondary N) is 1. The van der Waals surface area contributed by atoms with Gasteiger partial charge >= 0.3 is 0 Å². The smallest absolute Gasteiger partial charge is 0.0953 e. The summed E-state index contributed by atoms with van der Waals surface area (Å²) in [6, 6.07) is 8.31. The van der Waals surface area contributed by atoms with Gasteiger partial charge in [0.05, 0.1) is 11.2 Å². The van der Waals surface area contributed by atoms with Crippen molar-refractivity contribution in [2.45, 2.75) is 33.2 Å². The van der Waals surface area contributed by atoms with Crippen molar-refractivity contribution in [3.63, 3.8) is 0 Å². The molecule has 2 rings (SSSR count). The lowest BCUT2D eigenvalue weighted by molar-refractivity contribution is 0.495. The van der Waals surface area contributed by atoms with Crippen LogP contribution in [0.3, 0.4) is 0 Å². The number of anilines is 2. The zero-order valence-corrected chi connectivity index (χ0v) is 11.3. The quantitative estimate of drug-likeness (QED) is 0.806. The third-order valence-electron chi connectivity index (χ3n) is 3.68. The molecule has 0 spiro atoms. The second-order valence-electron chi connectivity index (χ2n) is 4.92. The number of pyridine rings is 1.